The van der Waals surface area contributed by atoms with Crippen LogP contribution in [0.4, 0.5) is 0 Å². The van der Waals surface area contributed by atoms with Crippen LogP contribution in [0.5, 0.6) is 0 Å². The molecule has 1 N–H and O–H groups in total. The Balaban J connectivity index is 1.88. The second-order valence-corrected chi connectivity index (χ2v) is 6.20. The second-order valence-electron chi connectivity index (χ2n) is 5.22. The average Bonchev–Trinajstić information content (AvgIpc) is 2.93. The summed E-state index contributed by atoms with van der Waals surface area (Å²) in [5.74, 6) is 0.365. The summed E-state index contributed by atoms with van der Waals surface area (Å²) in [6, 6.07) is 4.46. The molecule has 0 aromatic carbocycles. The Kier molecular flexibility index (Phi) is 5.16. The summed E-state index contributed by atoms with van der Waals surface area (Å²) in [4.78, 5) is 15.6. The van der Waals surface area contributed by atoms with Crippen molar-refractivity contribution in [3.63, 3.8) is 0 Å². The van der Waals surface area contributed by atoms with Gasteiger partial charge in [-0.15, -0.1) is 11.3 Å². The van der Waals surface area contributed by atoms with E-state index in [9.17, 15) is 4.79 Å². The van der Waals surface area contributed by atoms with Gasteiger partial charge in [-0.1, -0.05) is 18.2 Å². The first kappa shape index (κ1) is 14.3. The molecule has 0 spiro atoms. The van der Waals surface area contributed by atoms with Crippen LogP contribution in [-0.2, 0) is 4.79 Å². The SMILES string of the molecule is CN(C)[C@@H](CNC(=O)[C@@H]1CC=CCC1)c1cccs1. The number of thiophene rings is 1. The maximum Gasteiger partial charge on any atom is 0.223 e. The molecule has 0 unspecified atom stereocenters. The summed E-state index contributed by atoms with van der Waals surface area (Å²) < 4.78 is 0. The van der Waals surface area contributed by atoms with Crippen molar-refractivity contribution >= 4 is 17.2 Å². The fraction of sp³-hybridized carbons (Fsp3) is 0.533. The molecule has 104 valence electrons. The molecule has 0 aliphatic heterocycles. The Hall–Kier alpha value is -1.13. The number of amides is 1. The molecule has 2 rings (SSSR count). The van der Waals surface area contributed by atoms with Crippen molar-refractivity contribution in [2.45, 2.75) is 25.3 Å². The molecule has 0 saturated heterocycles. The van der Waals surface area contributed by atoms with Crippen LogP contribution in [0, 0.1) is 5.92 Å². The number of nitrogens with zero attached hydrogens (tertiary/aromatic N) is 1. The predicted molar refractivity (Wildman–Crippen MR) is 80.2 cm³/mol. The first-order valence-electron chi connectivity index (χ1n) is 6.81. The quantitative estimate of drug-likeness (QED) is 0.840. The summed E-state index contributed by atoms with van der Waals surface area (Å²) in [5.41, 5.74) is 0. The first-order chi connectivity index (χ1) is 9.18. The number of hydrogen-bond acceptors (Lipinski definition) is 3. The van der Waals surface area contributed by atoms with Crippen LogP contribution in [-0.4, -0.2) is 31.4 Å². The topological polar surface area (TPSA) is 32.3 Å². The summed E-state index contributed by atoms with van der Waals surface area (Å²) in [6.45, 7) is 0.687. The Bertz CT molecular complexity index is 425. The van der Waals surface area contributed by atoms with E-state index in [2.05, 4.69) is 54.0 Å². The van der Waals surface area contributed by atoms with Crippen molar-refractivity contribution in [3.05, 3.63) is 34.5 Å². The van der Waals surface area contributed by atoms with Crippen molar-refractivity contribution in [2.24, 2.45) is 5.92 Å². The minimum absolute atomic E-state index is 0.163. The molecule has 1 aromatic heterocycles. The summed E-state index contributed by atoms with van der Waals surface area (Å²) in [6.07, 6.45) is 7.18. The Morgan fingerprint density at radius 2 is 2.37 bits per heavy atom. The van der Waals surface area contributed by atoms with Crippen molar-refractivity contribution in [1.82, 2.24) is 10.2 Å². The third-order valence-electron chi connectivity index (χ3n) is 3.60. The Morgan fingerprint density at radius 1 is 1.53 bits per heavy atom. The van der Waals surface area contributed by atoms with Gasteiger partial charge >= 0.3 is 0 Å². The van der Waals surface area contributed by atoms with Gasteiger partial charge in [-0.05, 0) is 44.8 Å². The van der Waals surface area contributed by atoms with Crippen molar-refractivity contribution in [3.8, 4) is 0 Å². The second kappa shape index (κ2) is 6.87. The third kappa shape index (κ3) is 3.91. The van der Waals surface area contributed by atoms with Crippen LogP contribution in [0.1, 0.15) is 30.2 Å². The van der Waals surface area contributed by atoms with E-state index in [-0.39, 0.29) is 17.9 Å². The smallest absolute Gasteiger partial charge is 0.223 e. The lowest BCUT2D eigenvalue weighted by Crippen LogP contribution is -2.37. The molecule has 19 heavy (non-hydrogen) atoms. The summed E-state index contributed by atoms with van der Waals surface area (Å²) >= 11 is 1.74. The predicted octanol–water partition coefficient (Wildman–Crippen LogP) is 2.82. The molecule has 0 saturated carbocycles. The van der Waals surface area contributed by atoms with Gasteiger partial charge in [-0.2, -0.15) is 0 Å². The highest BCUT2D eigenvalue weighted by Gasteiger charge is 2.21. The number of carbonyl (C=O) groups is 1. The Morgan fingerprint density at radius 3 is 2.95 bits per heavy atom. The van der Waals surface area contributed by atoms with E-state index in [1.165, 1.54) is 4.88 Å². The van der Waals surface area contributed by atoms with Crippen molar-refractivity contribution in [1.29, 1.82) is 0 Å². The van der Waals surface area contributed by atoms with Crippen LogP contribution in [0.25, 0.3) is 0 Å². The maximum absolute atomic E-state index is 12.1. The number of allylic oxidation sites excluding steroid dienone is 2. The minimum Gasteiger partial charge on any atom is -0.354 e. The van der Waals surface area contributed by atoms with Gasteiger partial charge in [0.05, 0.1) is 6.04 Å². The Labute approximate surface area is 119 Å². The molecule has 4 heteroatoms. The zero-order valence-electron chi connectivity index (χ0n) is 11.6. The number of nitrogens with one attached hydrogen (secondary N) is 1. The largest absolute Gasteiger partial charge is 0.354 e. The first-order valence-corrected chi connectivity index (χ1v) is 7.69. The van der Waals surface area contributed by atoms with E-state index in [0.717, 1.165) is 19.3 Å². The molecule has 1 heterocycles. The standard InChI is InChI=1S/C15H22N2OS/c1-17(2)13(14-9-6-10-19-14)11-16-15(18)12-7-4-3-5-8-12/h3-4,6,9-10,12-13H,5,7-8,11H2,1-2H3,(H,16,18)/t12-,13+/m1/s1. The van der Waals surface area contributed by atoms with Crippen LogP contribution in [0.2, 0.25) is 0 Å². The number of rotatable bonds is 5. The molecule has 3 nitrogen and oxygen atoms in total. The molecule has 0 radical (unpaired) electrons. The molecular formula is C15H22N2OS. The van der Waals surface area contributed by atoms with Gasteiger partial charge < -0.3 is 10.2 Å². The monoisotopic (exact) mass is 278 g/mol. The van der Waals surface area contributed by atoms with Crippen LogP contribution < -0.4 is 5.32 Å². The molecule has 1 aromatic rings. The van der Waals surface area contributed by atoms with E-state index in [4.69, 9.17) is 0 Å². The van der Waals surface area contributed by atoms with Gasteiger partial charge in [-0.25, -0.2) is 0 Å². The van der Waals surface area contributed by atoms with Crippen LogP contribution in [0.15, 0.2) is 29.7 Å². The lowest BCUT2D eigenvalue weighted by atomic mass is 9.93. The van der Waals surface area contributed by atoms with Gasteiger partial charge in [0.15, 0.2) is 0 Å². The van der Waals surface area contributed by atoms with E-state index >= 15 is 0 Å². The fourth-order valence-electron chi connectivity index (χ4n) is 2.39. The van der Waals surface area contributed by atoms with Crippen LogP contribution in [0.3, 0.4) is 0 Å². The van der Waals surface area contributed by atoms with Gasteiger partial charge in [0.1, 0.15) is 0 Å². The number of likely N-dealkylation sites (N-methyl/N-ethyl adjacent to an activating group) is 1. The average molecular weight is 278 g/mol. The molecule has 1 amide bonds. The highest BCUT2D eigenvalue weighted by molar-refractivity contribution is 7.10. The number of carbonyl (C=O) groups excluding carboxylic acids is 1. The van der Waals surface area contributed by atoms with E-state index in [0.29, 0.717) is 6.54 Å². The van der Waals surface area contributed by atoms with E-state index in [1.807, 2.05) is 0 Å². The molecule has 1 aliphatic carbocycles. The summed E-state index contributed by atoms with van der Waals surface area (Å²) in [7, 11) is 4.11. The van der Waals surface area contributed by atoms with Gasteiger partial charge in [-0.3, -0.25) is 4.79 Å². The highest BCUT2D eigenvalue weighted by Crippen LogP contribution is 2.23. The van der Waals surface area contributed by atoms with Gasteiger partial charge in [0, 0.05) is 17.3 Å². The molecule has 1 aliphatic rings. The summed E-state index contributed by atoms with van der Waals surface area (Å²) in [5, 5.41) is 5.20. The molecule has 0 bridgehead atoms. The lowest BCUT2D eigenvalue weighted by molar-refractivity contribution is -0.125. The zero-order chi connectivity index (χ0) is 13.7. The van der Waals surface area contributed by atoms with Crippen LogP contribution >= 0.6 is 11.3 Å². The lowest BCUT2D eigenvalue weighted by Gasteiger charge is -2.25. The van der Waals surface area contributed by atoms with Gasteiger partial charge in [0.25, 0.3) is 0 Å². The fourth-order valence-corrected chi connectivity index (χ4v) is 3.31. The normalized spacial score (nSPS) is 20.5. The zero-order valence-corrected chi connectivity index (χ0v) is 12.5. The van der Waals surface area contributed by atoms with Gasteiger partial charge in [0.2, 0.25) is 5.91 Å². The van der Waals surface area contributed by atoms with Crippen molar-refractivity contribution in [2.75, 3.05) is 20.6 Å². The minimum atomic E-state index is 0.163. The van der Waals surface area contributed by atoms with Crippen molar-refractivity contribution < 1.29 is 4.79 Å². The van der Waals surface area contributed by atoms with E-state index in [1.54, 1.807) is 11.3 Å². The molecule has 2 atom stereocenters. The molecule has 0 fully saturated rings. The maximum atomic E-state index is 12.1. The molecular weight excluding hydrogens is 256 g/mol. The third-order valence-corrected chi connectivity index (χ3v) is 4.58. The highest BCUT2D eigenvalue weighted by atomic mass is 32.1. The number of hydrogen-bond donors (Lipinski definition) is 1. The van der Waals surface area contributed by atoms with E-state index < -0.39 is 0 Å².